The van der Waals surface area contributed by atoms with E-state index in [0.29, 0.717) is 19.3 Å². The zero-order valence-corrected chi connectivity index (χ0v) is 35.0. The molecule has 0 amide bonds. The van der Waals surface area contributed by atoms with Crippen molar-refractivity contribution in [3.8, 4) is 0 Å². The number of hydrogen-bond acceptors (Lipinski definition) is 9. The molecule has 3 atom stereocenters. The Morgan fingerprint density at radius 2 is 0.873 bits per heavy atom. The number of carbonyl (C=O) groups is 2. The highest BCUT2D eigenvalue weighted by Gasteiger charge is 2.27. The molecule has 0 heterocycles. The van der Waals surface area contributed by atoms with Gasteiger partial charge in [-0.05, 0) is 77.0 Å². The van der Waals surface area contributed by atoms with E-state index in [2.05, 4.69) is 74.6 Å². The number of allylic oxidation sites excluding steroid dienone is 12. The number of phosphoric ester groups is 1. The Labute approximate surface area is 333 Å². The molecule has 0 aliphatic carbocycles. The lowest BCUT2D eigenvalue weighted by Crippen LogP contribution is -2.28. The summed E-state index contributed by atoms with van der Waals surface area (Å²) >= 11 is 0. The number of unbranched alkanes of at least 4 members (excludes halogenated alkanes) is 12. The number of aliphatic hydroxyl groups is 2. The van der Waals surface area contributed by atoms with Crippen LogP contribution in [0.5, 0.6) is 0 Å². The van der Waals surface area contributed by atoms with Gasteiger partial charge in [0.2, 0.25) is 0 Å². The normalized spacial score (nSPS) is 14.6. The van der Waals surface area contributed by atoms with Crippen molar-refractivity contribution in [2.75, 3.05) is 26.4 Å². The van der Waals surface area contributed by atoms with Crippen LogP contribution < -0.4 is 0 Å². The molecule has 3 unspecified atom stereocenters. The Morgan fingerprint density at radius 1 is 0.509 bits per heavy atom. The van der Waals surface area contributed by atoms with Crippen molar-refractivity contribution < 1.29 is 47.8 Å². The van der Waals surface area contributed by atoms with Crippen LogP contribution in [-0.4, -0.2) is 65.7 Å². The number of rotatable bonds is 38. The van der Waals surface area contributed by atoms with Crippen LogP contribution in [0.3, 0.4) is 0 Å². The topological polar surface area (TPSA) is 149 Å². The molecule has 316 valence electrons. The Morgan fingerprint density at radius 3 is 1.33 bits per heavy atom. The molecule has 0 rings (SSSR count). The van der Waals surface area contributed by atoms with Crippen molar-refractivity contribution in [1.29, 1.82) is 0 Å². The Balaban J connectivity index is 4.05. The summed E-state index contributed by atoms with van der Waals surface area (Å²) < 4.78 is 32.5. The lowest BCUT2D eigenvalue weighted by atomic mass is 10.1. The van der Waals surface area contributed by atoms with Gasteiger partial charge in [-0.25, -0.2) is 4.57 Å². The SMILES string of the molecule is CC/C=C\C/C=C\C/C=C\C/C=C\C/C=C\CCCC(=O)OC(CO)COP(=O)(O)OCC(CO)OC(=O)CCCCCCC/C=C\CCCCCCCC. The fraction of sp³-hybridized carbons (Fsp3) is 0.682. The van der Waals surface area contributed by atoms with E-state index in [1.807, 2.05) is 12.2 Å². The van der Waals surface area contributed by atoms with E-state index in [1.54, 1.807) is 0 Å². The monoisotopic (exact) mass is 795 g/mol. The molecular formula is C44H75O10P. The molecule has 0 aromatic rings. The van der Waals surface area contributed by atoms with Crippen molar-refractivity contribution in [1.82, 2.24) is 0 Å². The summed E-state index contributed by atoms with van der Waals surface area (Å²) in [6, 6.07) is 0. The fourth-order valence-corrected chi connectivity index (χ4v) is 5.99. The maximum absolute atomic E-state index is 12.3. The number of carbonyl (C=O) groups excluding carboxylic acids is 2. The summed E-state index contributed by atoms with van der Waals surface area (Å²) in [4.78, 5) is 34.4. The van der Waals surface area contributed by atoms with Crippen molar-refractivity contribution in [2.45, 2.75) is 167 Å². The first kappa shape index (κ1) is 52.4. The predicted octanol–water partition coefficient (Wildman–Crippen LogP) is 10.9. The minimum Gasteiger partial charge on any atom is -0.457 e. The van der Waals surface area contributed by atoms with E-state index >= 15 is 0 Å². The van der Waals surface area contributed by atoms with E-state index in [-0.39, 0.29) is 12.8 Å². The van der Waals surface area contributed by atoms with Crippen LogP contribution in [0, 0.1) is 0 Å². The number of aliphatic hydroxyl groups excluding tert-OH is 2. The van der Waals surface area contributed by atoms with Gasteiger partial charge in [-0.15, -0.1) is 0 Å². The highest BCUT2D eigenvalue weighted by atomic mass is 31.2. The molecule has 0 aliphatic heterocycles. The zero-order chi connectivity index (χ0) is 40.5. The third kappa shape index (κ3) is 38.1. The predicted molar refractivity (Wildman–Crippen MR) is 223 cm³/mol. The first-order valence-corrected chi connectivity index (χ1v) is 22.4. The summed E-state index contributed by atoms with van der Waals surface area (Å²) in [5.41, 5.74) is 0. The lowest BCUT2D eigenvalue weighted by Gasteiger charge is -2.20. The van der Waals surface area contributed by atoms with Crippen LogP contribution in [0.4, 0.5) is 0 Å². The average molecular weight is 795 g/mol. The molecule has 0 fully saturated rings. The molecule has 11 heteroatoms. The number of ether oxygens (including phenoxy) is 2. The van der Waals surface area contributed by atoms with E-state index < -0.39 is 58.4 Å². The van der Waals surface area contributed by atoms with Gasteiger partial charge in [-0.3, -0.25) is 18.6 Å². The van der Waals surface area contributed by atoms with Gasteiger partial charge in [0.25, 0.3) is 0 Å². The molecule has 0 aliphatic rings. The molecule has 0 spiro atoms. The second-order valence-corrected chi connectivity index (χ2v) is 15.0. The van der Waals surface area contributed by atoms with Crippen LogP contribution in [-0.2, 0) is 32.7 Å². The van der Waals surface area contributed by atoms with E-state index in [0.717, 1.165) is 70.6 Å². The van der Waals surface area contributed by atoms with Crippen molar-refractivity contribution in [3.05, 3.63) is 72.9 Å². The number of hydrogen-bond donors (Lipinski definition) is 3. The Bertz CT molecular complexity index is 1140. The second kappa shape index (κ2) is 39.6. The summed E-state index contributed by atoms with van der Waals surface area (Å²) in [5.74, 6) is -1.09. The average Bonchev–Trinajstić information content (AvgIpc) is 3.17. The van der Waals surface area contributed by atoms with Gasteiger partial charge in [0, 0.05) is 12.8 Å². The van der Waals surface area contributed by atoms with E-state index in [4.69, 9.17) is 18.5 Å². The third-order valence-corrected chi connectivity index (χ3v) is 9.35. The van der Waals surface area contributed by atoms with Gasteiger partial charge in [-0.2, -0.15) is 0 Å². The molecule has 3 N–H and O–H groups in total. The Hall–Kier alpha value is -2.59. The van der Waals surface area contributed by atoms with Gasteiger partial charge in [0.1, 0.15) is 12.2 Å². The van der Waals surface area contributed by atoms with Crippen LogP contribution in [0.2, 0.25) is 0 Å². The standard InChI is InChI=1S/C44H75O10P/c1-3-5-7-9-11-13-15-17-19-20-22-24-26-28-30-32-34-36-44(48)54-42(38-46)40-52-55(49,50)51-39-41(37-45)53-43(47)35-33-31-29-27-25-23-21-18-16-14-12-10-8-6-4-2/h5,7,11,13,17-19,21-22,24,28,30,41-42,45-46H,3-4,6,8-10,12,14-16,20,23,25-27,29,31-40H2,1-2H3,(H,49,50)/b7-5-,13-11-,19-17-,21-18-,24-22-,30-28-. The van der Waals surface area contributed by atoms with Crippen molar-refractivity contribution >= 4 is 19.8 Å². The largest absolute Gasteiger partial charge is 0.472 e. The molecule has 55 heavy (non-hydrogen) atoms. The molecule has 0 aromatic carbocycles. The Kier molecular flexibility index (Phi) is 37.8. The first-order valence-electron chi connectivity index (χ1n) is 20.9. The molecule has 0 aromatic heterocycles. The van der Waals surface area contributed by atoms with Crippen LogP contribution >= 0.6 is 7.82 Å². The van der Waals surface area contributed by atoms with Crippen molar-refractivity contribution in [2.24, 2.45) is 0 Å². The summed E-state index contributed by atoms with van der Waals surface area (Å²) in [7, 11) is -4.66. The van der Waals surface area contributed by atoms with Crippen molar-refractivity contribution in [3.63, 3.8) is 0 Å². The molecule has 10 nitrogen and oxygen atoms in total. The van der Waals surface area contributed by atoms with Gasteiger partial charge in [-0.1, -0.05) is 138 Å². The maximum Gasteiger partial charge on any atom is 0.472 e. The number of phosphoric acid groups is 1. The fourth-order valence-electron chi connectivity index (χ4n) is 5.20. The third-order valence-electron chi connectivity index (χ3n) is 8.40. The minimum atomic E-state index is -4.66. The minimum absolute atomic E-state index is 0.110. The van der Waals surface area contributed by atoms with Gasteiger partial charge in [0.05, 0.1) is 26.4 Å². The molecular weight excluding hydrogens is 719 g/mol. The van der Waals surface area contributed by atoms with E-state index in [9.17, 15) is 29.3 Å². The van der Waals surface area contributed by atoms with E-state index in [1.165, 1.54) is 38.5 Å². The highest BCUT2D eigenvalue weighted by Crippen LogP contribution is 2.43. The molecule has 0 radical (unpaired) electrons. The maximum atomic E-state index is 12.3. The van der Waals surface area contributed by atoms with Crippen LogP contribution in [0.1, 0.15) is 155 Å². The molecule has 0 saturated heterocycles. The van der Waals surface area contributed by atoms with Gasteiger partial charge >= 0.3 is 19.8 Å². The molecule has 0 saturated carbocycles. The number of esters is 2. The highest BCUT2D eigenvalue weighted by molar-refractivity contribution is 7.47. The second-order valence-electron chi connectivity index (χ2n) is 13.6. The summed E-state index contributed by atoms with van der Waals surface area (Å²) in [6.07, 6.45) is 44.5. The quantitative estimate of drug-likeness (QED) is 0.0239. The van der Waals surface area contributed by atoms with Crippen LogP contribution in [0.15, 0.2) is 72.9 Å². The summed E-state index contributed by atoms with van der Waals surface area (Å²) in [5, 5.41) is 19.1. The van der Waals surface area contributed by atoms with Gasteiger partial charge < -0.3 is 24.6 Å². The smallest absolute Gasteiger partial charge is 0.457 e. The lowest BCUT2D eigenvalue weighted by molar-refractivity contribution is -0.153. The summed E-state index contributed by atoms with van der Waals surface area (Å²) in [6.45, 7) is 1.99. The zero-order valence-electron chi connectivity index (χ0n) is 34.1. The first-order chi connectivity index (χ1) is 26.8. The van der Waals surface area contributed by atoms with Crippen LogP contribution in [0.25, 0.3) is 0 Å². The molecule has 0 bridgehead atoms. The van der Waals surface area contributed by atoms with Gasteiger partial charge in [0.15, 0.2) is 0 Å².